The van der Waals surface area contributed by atoms with Crippen LogP contribution in [0.1, 0.15) is 40.2 Å². The van der Waals surface area contributed by atoms with Crippen molar-refractivity contribution in [1.29, 1.82) is 0 Å². The van der Waals surface area contributed by atoms with Crippen molar-refractivity contribution in [3.63, 3.8) is 0 Å². The van der Waals surface area contributed by atoms with Gasteiger partial charge in [-0.25, -0.2) is 9.86 Å². The lowest BCUT2D eigenvalue weighted by atomic mass is 9.95. The molecule has 0 saturated carbocycles. The number of benzene rings is 1. The van der Waals surface area contributed by atoms with Crippen LogP contribution in [0.5, 0.6) is 0 Å². The minimum atomic E-state index is -0.640. The highest BCUT2D eigenvalue weighted by Gasteiger charge is 2.40. The van der Waals surface area contributed by atoms with Crippen molar-refractivity contribution in [2.45, 2.75) is 46.8 Å². The summed E-state index contributed by atoms with van der Waals surface area (Å²) in [4.78, 5) is 29.9. The summed E-state index contributed by atoms with van der Waals surface area (Å²) in [5.41, 5.74) is -0.363. The van der Waals surface area contributed by atoms with Gasteiger partial charge in [0, 0.05) is 5.56 Å². The van der Waals surface area contributed by atoms with Gasteiger partial charge in [0.05, 0.1) is 34.3 Å². The minimum absolute atomic E-state index is 0.0623. The van der Waals surface area contributed by atoms with Gasteiger partial charge in [-0.15, -0.1) is 0 Å². The fourth-order valence-electron chi connectivity index (χ4n) is 2.24. The van der Waals surface area contributed by atoms with Crippen LogP contribution in [0.4, 0.5) is 10.5 Å². The number of rotatable bonds is 3. The topological polar surface area (TPSA) is 67.9 Å². The van der Waals surface area contributed by atoms with Crippen molar-refractivity contribution < 1.29 is 19.2 Å². The van der Waals surface area contributed by atoms with Gasteiger partial charge in [0.25, 0.3) is 5.91 Å². The number of carbonyl (C=O) groups excluding carboxylic acids is 2. The quantitative estimate of drug-likeness (QED) is 0.818. The predicted octanol–water partition coefficient (Wildman–Crippen LogP) is 4.64. The van der Waals surface area contributed by atoms with Gasteiger partial charge in [-0.05, 0) is 46.8 Å². The van der Waals surface area contributed by atoms with Crippen LogP contribution < -0.4 is 5.32 Å². The molecule has 1 N–H and O–H groups in total. The molecular weight excluding hydrogens is 367 g/mol. The molecular formula is C17H22Cl2N2O4. The highest BCUT2D eigenvalue weighted by Crippen LogP contribution is 2.35. The van der Waals surface area contributed by atoms with Crippen LogP contribution in [-0.2, 0) is 20.9 Å². The lowest BCUT2D eigenvalue weighted by Crippen LogP contribution is -2.31. The Hall–Kier alpha value is -1.50. The highest BCUT2D eigenvalue weighted by atomic mass is 35.5. The zero-order chi connectivity index (χ0) is 19.0. The van der Waals surface area contributed by atoms with Crippen molar-refractivity contribution in [2.75, 3.05) is 11.9 Å². The number of ether oxygens (including phenoxy) is 1. The average Bonchev–Trinajstić information content (AvgIpc) is 2.71. The first kappa shape index (κ1) is 19.8. The van der Waals surface area contributed by atoms with Gasteiger partial charge in [0.2, 0.25) is 0 Å². The summed E-state index contributed by atoms with van der Waals surface area (Å²) < 4.78 is 5.25. The lowest BCUT2D eigenvalue weighted by molar-refractivity contribution is -0.165. The summed E-state index contributed by atoms with van der Waals surface area (Å²) in [5.74, 6) is -0.160. The molecule has 0 radical (unpaired) electrons. The van der Waals surface area contributed by atoms with Gasteiger partial charge in [-0.1, -0.05) is 23.2 Å². The van der Waals surface area contributed by atoms with E-state index in [0.717, 1.165) is 0 Å². The number of nitrogens with zero attached hydrogens (tertiary/aromatic N) is 1. The monoisotopic (exact) mass is 388 g/mol. The van der Waals surface area contributed by atoms with Gasteiger partial charge in [-0.2, -0.15) is 0 Å². The molecule has 6 nitrogen and oxygen atoms in total. The van der Waals surface area contributed by atoms with Crippen molar-refractivity contribution in [1.82, 2.24) is 5.06 Å². The highest BCUT2D eigenvalue weighted by molar-refractivity contribution is 6.42. The van der Waals surface area contributed by atoms with Crippen molar-refractivity contribution in [3.8, 4) is 0 Å². The average molecular weight is 389 g/mol. The molecule has 1 aromatic carbocycles. The molecule has 1 aliphatic heterocycles. The van der Waals surface area contributed by atoms with Crippen LogP contribution in [0.15, 0.2) is 12.1 Å². The van der Waals surface area contributed by atoms with E-state index in [1.54, 1.807) is 46.8 Å². The maximum atomic E-state index is 12.4. The summed E-state index contributed by atoms with van der Waals surface area (Å²) >= 11 is 12.4. The molecule has 138 valence electrons. The molecule has 25 heavy (non-hydrogen) atoms. The Labute approximate surface area is 157 Å². The summed E-state index contributed by atoms with van der Waals surface area (Å²) in [6.07, 6.45) is -0.624. The van der Waals surface area contributed by atoms with E-state index in [-0.39, 0.29) is 24.1 Å². The molecule has 1 heterocycles. The Morgan fingerprint density at radius 2 is 2.00 bits per heavy atom. The number of hydrogen-bond donors (Lipinski definition) is 1. The molecule has 2 rings (SSSR count). The van der Waals surface area contributed by atoms with Crippen molar-refractivity contribution >= 4 is 40.9 Å². The molecule has 8 heteroatoms. The standard InChI is InChI=1S/C17H22Cl2N2O4/c1-16(2,3)25-15(23)20-12-7-6-11(18)13(19)10(12)8-21-14(22)17(4,5)9-24-21/h6-7H,8-9H2,1-5H3,(H,20,23). The van der Waals surface area contributed by atoms with E-state index in [0.29, 0.717) is 16.3 Å². The van der Waals surface area contributed by atoms with Crippen molar-refractivity contribution in [3.05, 3.63) is 27.7 Å². The smallest absolute Gasteiger partial charge is 0.412 e. The van der Waals surface area contributed by atoms with Crippen LogP contribution in [0, 0.1) is 5.41 Å². The molecule has 1 saturated heterocycles. The Morgan fingerprint density at radius 3 is 2.52 bits per heavy atom. The molecule has 0 bridgehead atoms. The van der Waals surface area contributed by atoms with Crippen molar-refractivity contribution in [2.24, 2.45) is 5.41 Å². The van der Waals surface area contributed by atoms with Crippen LogP contribution in [0.2, 0.25) is 10.0 Å². The first-order valence-electron chi connectivity index (χ1n) is 7.82. The Kier molecular flexibility index (Phi) is 5.56. The first-order valence-corrected chi connectivity index (χ1v) is 8.58. The Balaban J connectivity index is 2.26. The molecule has 0 spiro atoms. The Morgan fingerprint density at radius 1 is 1.36 bits per heavy atom. The SMILES string of the molecule is CC(C)(C)OC(=O)Nc1ccc(Cl)c(Cl)c1CN1OCC(C)(C)C1=O. The zero-order valence-corrected chi connectivity index (χ0v) is 16.4. The van der Waals surface area contributed by atoms with Gasteiger partial charge in [0.15, 0.2) is 0 Å². The number of hydrogen-bond acceptors (Lipinski definition) is 4. The fraction of sp³-hybridized carbons (Fsp3) is 0.529. The van der Waals surface area contributed by atoms with E-state index < -0.39 is 17.1 Å². The molecule has 2 amide bonds. The van der Waals surface area contributed by atoms with Crippen LogP contribution in [-0.4, -0.2) is 29.3 Å². The van der Waals surface area contributed by atoms with E-state index in [1.165, 1.54) is 5.06 Å². The molecule has 1 aliphatic rings. The summed E-state index contributed by atoms with van der Waals surface area (Å²) in [6.45, 7) is 9.23. The van der Waals surface area contributed by atoms with E-state index in [2.05, 4.69) is 5.32 Å². The summed E-state index contributed by atoms with van der Waals surface area (Å²) in [7, 11) is 0. The summed E-state index contributed by atoms with van der Waals surface area (Å²) in [5, 5.41) is 4.44. The molecule has 0 aliphatic carbocycles. The van der Waals surface area contributed by atoms with Gasteiger partial charge in [-0.3, -0.25) is 14.9 Å². The van der Waals surface area contributed by atoms with E-state index >= 15 is 0 Å². The number of carbonyl (C=O) groups is 2. The number of hydroxylamine groups is 2. The fourth-order valence-corrected chi connectivity index (χ4v) is 2.64. The van der Waals surface area contributed by atoms with Crippen LogP contribution >= 0.6 is 23.2 Å². The molecule has 0 atom stereocenters. The number of halogens is 2. The van der Waals surface area contributed by atoms with Crippen LogP contribution in [0.3, 0.4) is 0 Å². The maximum Gasteiger partial charge on any atom is 0.412 e. The van der Waals surface area contributed by atoms with Crippen LogP contribution in [0.25, 0.3) is 0 Å². The number of anilines is 1. The predicted molar refractivity (Wildman–Crippen MR) is 96.6 cm³/mol. The minimum Gasteiger partial charge on any atom is -0.444 e. The first-order chi connectivity index (χ1) is 11.4. The lowest BCUT2D eigenvalue weighted by Gasteiger charge is -2.22. The van der Waals surface area contributed by atoms with E-state index in [4.69, 9.17) is 32.8 Å². The summed E-state index contributed by atoms with van der Waals surface area (Å²) in [6, 6.07) is 3.18. The largest absolute Gasteiger partial charge is 0.444 e. The van der Waals surface area contributed by atoms with E-state index in [9.17, 15) is 9.59 Å². The second-order valence-electron chi connectivity index (χ2n) is 7.51. The third-order valence-electron chi connectivity index (χ3n) is 3.52. The second-order valence-corrected chi connectivity index (χ2v) is 8.30. The molecule has 1 fully saturated rings. The van der Waals surface area contributed by atoms with Gasteiger partial charge >= 0.3 is 6.09 Å². The zero-order valence-electron chi connectivity index (χ0n) is 14.9. The Bertz CT molecular complexity index is 699. The van der Waals surface area contributed by atoms with E-state index in [1.807, 2.05) is 0 Å². The molecule has 0 unspecified atom stereocenters. The molecule has 0 aromatic heterocycles. The second kappa shape index (κ2) is 7.02. The third-order valence-corrected chi connectivity index (χ3v) is 4.36. The number of nitrogens with one attached hydrogen (secondary N) is 1. The number of amides is 2. The third kappa shape index (κ3) is 4.77. The van der Waals surface area contributed by atoms with Gasteiger partial charge < -0.3 is 4.74 Å². The molecule has 1 aromatic rings. The normalized spacial score (nSPS) is 16.9. The maximum absolute atomic E-state index is 12.4. The van der Waals surface area contributed by atoms with Gasteiger partial charge in [0.1, 0.15) is 5.60 Å².